The minimum absolute atomic E-state index is 0.124. The molecule has 1 atom stereocenters. The molecule has 1 amide bonds. The molecule has 3 N–H and O–H groups in total. The summed E-state index contributed by atoms with van der Waals surface area (Å²) in [6.07, 6.45) is 3.80. The minimum Gasteiger partial charge on any atom is -0.470 e. The first kappa shape index (κ1) is 42.6. The number of nitrogens with one attached hydrogen (secondary N) is 3. The maximum atomic E-state index is 12.9. The Bertz CT molecular complexity index is 1600. The maximum Gasteiger partial charge on any atom is 0.329 e. The van der Waals surface area contributed by atoms with Crippen LogP contribution in [0, 0.1) is 3.57 Å². The number of rotatable bonds is 21. The third-order valence-electron chi connectivity index (χ3n) is 8.53. The van der Waals surface area contributed by atoms with Gasteiger partial charge in [0.15, 0.2) is 0 Å². The van der Waals surface area contributed by atoms with E-state index in [-0.39, 0.29) is 24.9 Å². The van der Waals surface area contributed by atoms with Crippen molar-refractivity contribution in [2.75, 3.05) is 46.1 Å². The minimum atomic E-state index is -0.731. The number of hydrogen-bond acceptors (Lipinski definition) is 8. The zero-order valence-corrected chi connectivity index (χ0v) is 34.7. The molecule has 0 radical (unpaired) electrons. The van der Waals surface area contributed by atoms with Gasteiger partial charge in [-0.1, -0.05) is 72.9 Å². The molecule has 286 valence electrons. The fourth-order valence-corrected chi connectivity index (χ4v) is 6.68. The van der Waals surface area contributed by atoms with Crippen molar-refractivity contribution in [1.29, 1.82) is 0 Å². The lowest BCUT2D eigenvalue weighted by Crippen LogP contribution is -2.44. The Kier molecular flexibility index (Phi) is 17.9. The quantitative estimate of drug-likeness (QED) is 0.0439. The zero-order valence-electron chi connectivity index (χ0n) is 30.9. The monoisotopic (exact) mass is 873 g/mol. The van der Waals surface area contributed by atoms with E-state index in [9.17, 15) is 9.59 Å². The Morgan fingerprint density at radius 3 is 2.09 bits per heavy atom. The Morgan fingerprint density at radius 1 is 0.792 bits per heavy atom. The molecule has 3 aromatic carbocycles. The third-order valence-corrected chi connectivity index (χ3v) is 9.86. The lowest BCUT2D eigenvalue weighted by atomic mass is 9.98. The molecule has 4 rings (SSSR count). The summed E-state index contributed by atoms with van der Waals surface area (Å²) in [5, 5.41) is 9.59. The number of esters is 1. The van der Waals surface area contributed by atoms with Crippen molar-refractivity contribution >= 4 is 69.1 Å². The molecule has 53 heavy (non-hydrogen) atoms. The second kappa shape index (κ2) is 22.3. The second-order valence-electron chi connectivity index (χ2n) is 13.9. The third kappa shape index (κ3) is 15.2. The summed E-state index contributed by atoms with van der Waals surface area (Å²) in [5.41, 5.74) is 5.61. The van der Waals surface area contributed by atoms with Crippen LogP contribution in [0.15, 0.2) is 72.8 Å². The van der Waals surface area contributed by atoms with Crippen LogP contribution in [0.4, 0.5) is 0 Å². The number of hydrogen-bond donors (Lipinski definition) is 3. The van der Waals surface area contributed by atoms with Gasteiger partial charge in [0, 0.05) is 35.4 Å². The highest BCUT2D eigenvalue weighted by Crippen LogP contribution is 2.44. The molecule has 0 spiro atoms. The molecule has 0 aliphatic heterocycles. The molecule has 0 heterocycles. The molecule has 0 fully saturated rings. The summed E-state index contributed by atoms with van der Waals surface area (Å²) in [5.74, 6) is -0.564. The molecule has 1 aliphatic rings. The smallest absolute Gasteiger partial charge is 0.329 e. The summed E-state index contributed by atoms with van der Waals surface area (Å²) < 4.78 is 24.0. The molecule has 0 saturated heterocycles. The number of carbonyl (C=O) groups excluding carboxylic acids is 2. The van der Waals surface area contributed by atoms with Gasteiger partial charge in [-0.25, -0.2) is 4.79 Å². The number of ether oxygens (including phenoxy) is 4. The number of unbranched alkanes of at least 4 members (excludes halogenated alkanes) is 1. The molecular weight excluding hydrogens is 822 g/mol. The fraction of sp³-hybridized carbons (Fsp3) is 0.463. The van der Waals surface area contributed by atoms with E-state index in [4.69, 9.17) is 43.4 Å². The van der Waals surface area contributed by atoms with Crippen LogP contribution in [-0.2, 0) is 35.0 Å². The van der Waals surface area contributed by atoms with Crippen LogP contribution >= 0.6 is 47.0 Å². The van der Waals surface area contributed by atoms with Gasteiger partial charge in [-0.3, -0.25) is 4.79 Å². The molecule has 0 saturated carbocycles. The Hall–Kier alpha value is -3.17. The van der Waals surface area contributed by atoms with Crippen LogP contribution in [0.25, 0.3) is 11.1 Å². The van der Waals surface area contributed by atoms with E-state index < -0.39 is 17.6 Å². The number of thiocarbonyl (C=S) groups is 2. The van der Waals surface area contributed by atoms with Crippen LogP contribution < -0.4 is 16.0 Å². The number of benzene rings is 3. The van der Waals surface area contributed by atoms with Gasteiger partial charge in [-0.2, -0.15) is 0 Å². The summed E-state index contributed by atoms with van der Waals surface area (Å²) >= 11 is 13.2. The lowest BCUT2D eigenvalue weighted by Gasteiger charge is -2.24. The highest BCUT2D eigenvalue weighted by Gasteiger charge is 2.29. The molecule has 1 aliphatic carbocycles. The summed E-state index contributed by atoms with van der Waals surface area (Å²) in [4.78, 5) is 26.4. The Labute approximate surface area is 338 Å². The largest absolute Gasteiger partial charge is 0.470 e. The van der Waals surface area contributed by atoms with Crippen LogP contribution in [-0.4, -0.2) is 79.8 Å². The van der Waals surface area contributed by atoms with E-state index in [2.05, 4.69) is 111 Å². The van der Waals surface area contributed by atoms with Gasteiger partial charge in [0.05, 0.1) is 31.4 Å². The van der Waals surface area contributed by atoms with Crippen molar-refractivity contribution in [3.63, 3.8) is 0 Å². The molecule has 3 aromatic rings. The predicted molar refractivity (Wildman–Crippen MR) is 226 cm³/mol. The summed E-state index contributed by atoms with van der Waals surface area (Å²) in [7, 11) is 0. The molecular formula is C41H52IN3O6S2. The molecule has 12 heteroatoms. The number of halogens is 1. The van der Waals surface area contributed by atoms with E-state index in [1.54, 1.807) is 0 Å². The summed E-state index contributed by atoms with van der Waals surface area (Å²) in [6, 6.07) is 24.6. The molecule has 0 bridgehead atoms. The molecule has 0 unspecified atom stereocenters. The SMILES string of the molecule is CC(C)(C)OC(=O)[C@H](CCCCNC(=S)CCc1ccc(I)cc1)NC(=O)CCOCCOCCNC(=S)OCC1c2ccccc2-c2ccccc21. The van der Waals surface area contributed by atoms with Gasteiger partial charge in [-0.05, 0) is 121 Å². The van der Waals surface area contributed by atoms with Crippen molar-refractivity contribution in [2.45, 2.75) is 76.9 Å². The predicted octanol–water partition coefficient (Wildman–Crippen LogP) is 7.26. The molecule has 0 aromatic heterocycles. The van der Waals surface area contributed by atoms with Gasteiger partial charge in [0.25, 0.3) is 5.17 Å². The number of fused-ring (bicyclic) bond motifs is 3. The maximum absolute atomic E-state index is 12.9. The van der Waals surface area contributed by atoms with Crippen LogP contribution in [0.5, 0.6) is 0 Å². The topological polar surface area (TPSA) is 107 Å². The van der Waals surface area contributed by atoms with E-state index >= 15 is 0 Å². The van der Waals surface area contributed by atoms with Crippen molar-refractivity contribution < 1.29 is 28.5 Å². The van der Waals surface area contributed by atoms with E-state index in [1.807, 2.05) is 20.8 Å². The van der Waals surface area contributed by atoms with Crippen LogP contribution in [0.3, 0.4) is 0 Å². The normalized spacial score (nSPS) is 12.7. The first-order valence-corrected chi connectivity index (χ1v) is 20.2. The highest BCUT2D eigenvalue weighted by atomic mass is 127. The van der Waals surface area contributed by atoms with Gasteiger partial charge < -0.3 is 34.9 Å². The van der Waals surface area contributed by atoms with Gasteiger partial charge in [0.1, 0.15) is 18.2 Å². The standard InChI is InChI=1S/C41H52IN3O6S2/c1-41(2,3)51-39(47)36(14-8-9-22-43-38(52)20-17-29-15-18-30(42)19-16-29)45-37(46)21-24-48-26-27-49-25-23-44-40(53)50-28-35-33-12-6-4-10-31(33)32-11-5-7-13-34(32)35/h4-7,10-13,15-16,18-19,35-36H,8-9,14,17,20-28H2,1-3H3,(H,43,52)(H,44,53)(H,45,46)/t36-/m0/s1. The van der Waals surface area contributed by atoms with Crippen LogP contribution in [0.2, 0.25) is 0 Å². The van der Waals surface area contributed by atoms with E-state index in [0.29, 0.717) is 51.1 Å². The van der Waals surface area contributed by atoms with Crippen molar-refractivity contribution in [3.05, 3.63) is 93.1 Å². The van der Waals surface area contributed by atoms with Crippen LogP contribution in [0.1, 0.15) is 75.5 Å². The molecule has 9 nitrogen and oxygen atoms in total. The van der Waals surface area contributed by atoms with Crippen molar-refractivity contribution in [3.8, 4) is 11.1 Å². The van der Waals surface area contributed by atoms with E-state index in [0.717, 1.165) is 30.7 Å². The van der Waals surface area contributed by atoms with E-state index in [1.165, 1.54) is 31.4 Å². The average molecular weight is 874 g/mol. The van der Waals surface area contributed by atoms with Crippen molar-refractivity contribution in [1.82, 2.24) is 16.0 Å². The first-order chi connectivity index (χ1) is 25.5. The number of aryl methyl sites for hydroxylation is 1. The average Bonchev–Trinajstić information content (AvgIpc) is 3.45. The zero-order chi connectivity index (χ0) is 38.1. The number of carbonyl (C=O) groups is 2. The van der Waals surface area contributed by atoms with Crippen molar-refractivity contribution in [2.24, 2.45) is 0 Å². The van der Waals surface area contributed by atoms with Gasteiger partial charge >= 0.3 is 5.97 Å². The van der Waals surface area contributed by atoms with Gasteiger partial charge in [-0.15, -0.1) is 0 Å². The lowest BCUT2D eigenvalue weighted by molar-refractivity contribution is -0.159. The van der Waals surface area contributed by atoms with Gasteiger partial charge in [0.2, 0.25) is 5.91 Å². The Balaban J connectivity index is 1.04. The fourth-order valence-electron chi connectivity index (χ4n) is 5.95. The Morgan fingerprint density at radius 2 is 1.43 bits per heavy atom. The highest BCUT2D eigenvalue weighted by molar-refractivity contribution is 14.1. The summed E-state index contributed by atoms with van der Waals surface area (Å²) in [6.45, 7) is 8.46. The second-order valence-corrected chi connectivity index (χ2v) is 16.0. The number of amides is 1. The first-order valence-electron chi connectivity index (χ1n) is 18.3.